The second-order valence-electron chi connectivity index (χ2n) is 7.57. The molecule has 0 saturated carbocycles. The number of carbonyl (C=O) groups is 1. The van der Waals surface area contributed by atoms with E-state index in [0.717, 1.165) is 27.4 Å². The number of nitrogens with zero attached hydrogens (tertiary/aromatic N) is 3. The molecule has 1 N–H and O–H groups in total. The van der Waals surface area contributed by atoms with Gasteiger partial charge in [0.15, 0.2) is 5.69 Å². The molecule has 2 aromatic carbocycles. The van der Waals surface area contributed by atoms with E-state index in [1.54, 1.807) is 24.4 Å². The average molecular weight is 497 g/mol. The van der Waals surface area contributed by atoms with Crippen molar-refractivity contribution in [2.75, 3.05) is 5.32 Å². The van der Waals surface area contributed by atoms with Crippen molar-refractivity contribution in [3.05, 3.63) is 112 Å². The number of carbonyl (C=O) groups excluding carboxylic acids is 1. The summed E-state index contributed by atoms with van der Waals surface area (Å²) in [6.07, 6.45) is -2.83. The molecule has 0 spiro atoms. The Hall–Kier alpha value is -3.92. The van der Waals surface area contributed by atoms with Crippen molar-refractivity contribution in [3.63, 3.8) is 0 Å². The number of aromatic nitrogens is 3. The van der Waals surface area contributed by atoms with Crippen molar-refractivity contribution in [1.29, 1.82) is 0 Å². The van der Waals surface area contributed by atoms with Crippen LogP contribution in [0.3, 0.4) is 0 Å². The predicted octanol–water partition coefficient (Wildman–Crippen LogP) is 5.50. The van der Waals surface area contributed by atoms with Crippen molar-refractivity contribution in [3.8, 4) is 5.69 Å². The minimum absolute atomic E-state index is 0.0833. The van der Waals surface area contributed by atoms with E-state index < -0.39 is 28.8 Å². The van der Waals surface area contributed by atoms with E-state index in [-0.39, 0.29) is 5.69 Å². The molecule has 2 heterocycles. The number of hydrogen-bond donors (Lipinski definition) is 1. The lowest BCUT2D eigenvalue weighted by Gasteiger charge is -2.14. The molecule has 10 heteroatoms. The van der Waals surface area contributed by atoms with E-state index in [9.17, 15) is 22.8 Å². The molecule has 4 rings (SSSR count). The van der Waals surface area contributed by atoms with Gasteiger partial charge in [0.2, 0.25) is 5.43 Å². The van der Waals surface area contributed by atoms with Gasteiger partial charge in [0.1, 0.15) is 0 Å². The third-order valence-corrected chi connectivity index (χ3v) is 5.96. The van der Waals surface area contributed by atoms with Crippen LogP contribution in [-0.4, -0.2) is 20.7 Å². The number of aryl methyl sites for hydroxylation is 1. The normalized spacial score (nSPS) is 11.3. The maximum Gasteiger partial charge on any atom is 0.416 e. The van der Waals surface area contributed by atoms with Gasteiger partial charge in [-0.3, -0.25) is 9.59 Å². The van der Waals surface area contributed by atoms with Crippen molar-refractivity contribution in [1.82, 2.24) is 14.8 Å². The minimum atomic E-state index is -4.54. The number of pyridine rings is 1. The number of rotatable bonds is 6. The van der Waals surface area contributed by atoms with E-state index in [4.69, 9.17) is 0 Å². The second-order valence-corrected chi connectivity index (χ2v) is 8.57. The Balaban J connectivity index is 1.56. The fourth-order valence-electron chi connectivity index (χ4n) is 3.30. The summed E-state index contributed by atoms with van der Waals surface area (Å²) in [5.74, 6) is -0.142. The number of nitrogens with one attached hydrogen (secondary N) is 1. The molecule has 2 aromatic heterocycles. The van der Waals surface area contributed by atoms with Crippen molar-refractivity contribution in [2.24, 2.45) is 0 Å². The van der Waals surface area contributed by atoms with Crippen LogP contribution in [0.25, 0.3) is 5.69 Å². The maximum absolute atomic E-state index is 13.1. The largest absolute Gasteiger partial charge is 0.416 e. The standard InChI is InChI=1S/C25H19F3N4O2S/c1-16-12-21(33)23(31-32(16)20-9-5-7-18(14-20)25(26,27)28)24(34)30-19-8-4-6-17(13-19)15-35-22-10-2-3-11-29-22/h2-14H,15H2,1H3,(H,30,34). The Bertz CT molecular complexity index is 1420. The van der Waals surface area contributed by atoms with Crippen LogP contribution in [0.15, 0.2) is 88.8 Å². The molecule has 178 valence electrons. The van der Waals surface area contributed by atoms with Crippen LogP contribution in [0.4, 0.5) is 18.9 Å². The fourth-order valence-corrected chi connectivity index (χ4v) is 4.10. The summed E-state index contributed by atoms with van der Waals surface area (Å²) in [5, 5.41) is 7.59. The molecule has 0 aliphatic heterocycles. The zero-order chi connectivity index (χ0) is 25.0. The molecule has 6 nitrogen and oxygen atoms in total. The first kappa shape index (κ1) is 24.2. The maximum atomic E-state index is 13.1. The van der Waals surface area contributed by atoms with Crippen LogP contribution >= 0.6 is 11.8 Å². The third kappa shape index (κ3) is 5.96. The van der Waals surface area contributed by atoms with Gasteiger partial charge in [-0.2, -0.15) is 18.3 Å². The van der Waals surface area contributed by atoms with Crippen molar-refractivity contribution < 1.29 is 18.0 Å². The zero-order valence-corrected chi connectivity index (χ0v) is 19.2. The molecule has 0 bridgehead atoms. The molecule has 0 atom stereocenters. The Kier molecular flexibility index (Phi) is 7.02. The van der Waals surface area contributed by atoms with Gasteiger partial charge in [-0.05, 0) is 55.0 Å². The summed E-state index contributed by atoms with van der Waals surface area (Å²) in [6, 6.07) is 18.4. The Morgan fingerprint density at radius 2 is 1.83 bits per heavy atom. The van der Waals surface area contributed by atoms with Crippen molar-refractivity contribution in [2.45, 2.75) is 23.9 Å². The molecule has 1 amide bonds. The molecule has 0 aliphatic carbocycles. The molecule has 0 radical (unpaired) electrons. The first-order valence-corrected chi connectivity index (χ1v) is 11.4. The highest BCUT2D eigenvalue weighted by Gasteiger charge is 2.30. The van der Waals surface area contributed by atoms with Gasteiger partial charge in [-0.15, -0.1) is 11.8 Å². The van der Waals surface area contributed by atoms with Gasteiger partial charge in [-0.25, -0.2) is 9.67 Å². The van der Waals surface area contributed by atoms with Crippen LogP contribution in [0, 0.1) is 6.92 Å². The number of anilines is 1. The number of benzene rings is 2. The van der Waals surface area contributed by atoms with Crippen LogP contribution in [0.1, 0.15) is 27.3 Å². The predicted molar refractivity (Wildman–Crippen MR) is 128 cm³/mol. The molecule has 35 heavy (non-hydrogen) atoms. The van der Waals surface area contributed by atoms with E-state index in [0.29, 0.717) is 17.1 Å². The Labute approximate surface area is 202 Å². The number of hydrogen-bond acceptors (Lipinski definition) is 5. The number of halogens is 3. The highest BCUT2D eigenvalue weighted by Crippen LogP contribution is 2.30. The molecule has 0 aliphatic rings. The summed E-state index contributed by atoms with van der Waals surface area (Å²) in [4.78, 5) is 29.6. The quantitative estimate of drug-likeness (QED) is 0.357. The van der Waals surface area contributed by atoms with Gasteiger partial charge in [0.05, 0.1) is 16.3 Å². The summed E-state index contributed by atoms with van der Waals surface area (Å²) < 4.78 is 40.5. The van der Waals surface area contributed by atoms with Gasteiger partial charge in [-0.1, -0.05) is 24.3 Å². The van der Waals surface area contributed by atoms with E-state index >= 15 is 0 Å². The van der Waals surface area contributed by atoms with Gasteiger partial charge in [0, 0.05) is 29.4 Å². The smallest absolute Gasteiger partial charge is 0.320 e. The van der Waals surface area contributed by atoms with E-state index in [2.05, 4.69) is 15.4 Å². The van der Waals surface area contributed by atoms with Gasteiger partial charge < -0.3 is 5.32 Å². The number of amides is 1. The van der Waals surface area contributed by atoms with Crippen LogP contribution in [0.2, 0.25) is 0 Å². The zero-order valence-electron chi connectivity index (χ0n) is 18.4. The third-order valence-electron chi connectivity index (χ3n) is 4.95. The van der Waals surface area contributed by atoms with E-state index in [1.807, 2.05) is 24.3 Å². The average Bonchev–Trinajstić information content (AvgIpc) is 2.83. The van der Waals surface area contributed by atoms with Crippen LogP contribution in [0.5, 0.6) is 0 Å². The molecule has 0 fully saturated rings. The lowest BCUT2D eigenvalue weighted by atomic mass is 10.2. The Morgan fingerprint density at radius 3 is 2.57 bits per heavy atom. The molecular weight excluding hydrogens is 477 g/mol. The summed E-state index contributed by atoms with van der Waals surface area (Å²) in [5.41, 5.74) is -0.162. The fraction of sp³-hybridized carbons (Fsp3) is 0.120. The molecular formula is C25H19F3N4O2S. The van der Waals surface area contributed by atoms with Gasteiger partial charge in [0.25, 0.3) is 5.91 Å². The second kappa shape index (κ2) is 10.1. The first-order valence-electron chi connectivity index (χ1n) is 10.4. The van der Waals surface area contributed by atoms with E-state index in [1.165, 1.54) is 36.9 Å². The Morgan fingerprint density at radius 1 is 1.03 bits per heavy atom. The molecule has 0 unspecified atom stereocenters. The first-order chi connectivity index (χ1) is 16.7. The number of alkyl halides is 3. The van der Waals surface area contributed by atoms with Gasteiger partial charge >= 0.3 is 6.18 Å². The topological polar surface area (TPSA) is 76.9 Å². The van der Waals surface area contributed by atoms with Crippen molar-refractivity contribution >= 4 is 23.4 Å². The molecule has 4 aromatic rings. The lowest BCUT2D eigenvalue weighted by Crippen LogP contribution is -2.27. The van der Waals surface area contributed by atoms with Crippen LogP contribution in [-0.2, 0) is 11.9 Å². The summed E-state index contributed by atoms with van der Waals surface area (Å²) >= 11 is 1.53. The summed E-state index contributed by atoms with van der Waals surface area (Å²) in [7, 11) is 0. The monoisotopic (exact) mass is 496 g/mol. The number of thioether (sulfide) groups is 1. The SMILES string of the molecule is Cc1cc(=O)c(C(=O)Nc2cccc(CSc3ccccn3)c2)nn1-c1cccc(C(F)(F)F)c1. The minimum Gasteiger partial charge on any atom is -0.320 e. The van der Waals surface area contributed by atoms with Crippen LogP contribution < -0.4 is 10.7 Å². The highest BCUT2D eigenvalue weighted by molar-refractivity contribution is 7.98. The summed E-state index contributed by atoms with van der Waals surface area (Å²) in [6.45, 7) is 1.53. The molecule has 0 saturated heterocycles. The highest BCUT2D eigenvalue weighted by atomic mass is 32.2. The lowest BCUT2D eigenvalue weighted by molar-refractivity contribution is -0.137.